The van der Waals surface area contributed by atoms with Gasteiger partial charge < -0.3 is 5.11 Å². The van der Waals surface area contributed by atoms with Crippen LogP contribution in [-0.4, -0.2) is 5.11 Å². The van der Waals surface area contributed by atoms with Crippen molar-refractivity contribution in [3.63, 3.8) is 0 Å². The van der Waals surface area contributed by atoms with E-state index in [0.717, 1.165) is 11.8 Å². The average Bonchev–Trinajstić information content (AvgIpc) is 2.89. The summed E-state index contributed by atoms with van der Waals surface area (Å²) in [5, 5.41) is 10.2. The maximum absolute atomic E-state index is 10.2. The molecule has 0 amide bonds. The van der Waals surface area contributed by atoms with Gasteiger partial charge in [-0.1, -0.05) is 39.3 Å². The van der Waals surface area contributed by atoms with Crippen molar-refractivity contribution >= 4 is 0 Å². The molecule has 2 aliphatic rings. The Balaban J connectivity index is 1.96. The third kappa shape index (κ3) is 1.94. The minimum Gasteiger partial charge on any atom is -0.508 e. The fourth-order valence-electron chi connectivity index (χ4n) is 3.94. The molecule has 0 saturated heterocycles. The van der Waals surface area contributed by atoms with Gasteiger partial charge in [0.25, 0.3) is 0 Å². The van der Waals surface area contributed by atoms with Gasteiger partial charge in [0.15, 0.2) is 0 Å². The van der Waals surface area contributed by atoms with Gasteiger partial charge >= 0.3 is 0 Å². The largest absolute Gasteiger partial charge is 0.508 e. The maximum atomic E-state index is 10.2. The summed E-state index contributed by atoms with van der Waals surface area (Å²) in [4.78, 5) is 0. The second-order valence-corrected chi connectivity index (χ2v) is 7.30. The zero-order valence-electron chi connectivity index (χ0n) is 11.7. The molecule has 1 aromatic carbocycles. The summed E-state index contributed by atoms with van der Waals surface area (Å²) in [7, 11) is 0. The van der Waals surface area contributed by atoms with Crippen molar-refractivity contribution in [1.29, 1.82) is 0 Å². The average molecular weight is 244 g/mol. The van der Waals surface area contributed by atoms with Gasteiger partial charge in [0.2, 0.25) is 0 Å². The normalized spacial score (nSPS) is 30.9. The molecule has 0 aliphatic heterocycles. The Hall–Kier alpha value is -0.980. The number of phenolic OH excluding ortho intramolecular Hbond substituents is 1. The summed E-state index contributed by atoms with van der Waals surface area (Å²) in [6.07, 6.45) is 5.48. The van der Waals surface area contributed by atoms with E-state index in [9.17, 15) is 5.11 Å². The molecule has 0 radical (unpaired) electrons. The minimum atomic E-state index is 0.167. The summed E-state index contributed by atoms with van der Waals surface area (Å²) in [5.41, 5.74) is 2.73. The fourth-order valence-corrected chi connectivity index (χ4v) is 3.94. The standard InChI is InChI=1S/C17H24O/c1-17(2,3)13-6-7-16(18)15(10-13)14-9-11-4-5-12(14)8-11/h6-7,10-12,14,18H,4-5,8-9H2,1-3H3. The van der Waals surface area contributed by atoms with Gasteiger partial charge in [-0.3, -0.25) is 0 Å². The van der Waals surface area contributed by atoms with Crippen LogP contribution in [0.15, 0.2) is 18.2 Å². The molecule has 2 saturated carbocycles. The Morgan fingerprint density at radius 3 is 2.44 bits per heavy atom. The SMILES string of the molecule is CC(C)(C)c1ccc(O)c(C2CC3CCC2C3)c1. The van der Waals surface area contributed by atoms with Crippen molar-refractivity contribution in [2.75, 3.05) is 0 Å². The molecule has 2 aliphatic carbocycles. The maximum Gasteiger partial charge on any atom is 0.119 e. The minimum absolute atomic E-state index is 0.167. The first kappa shape index (κ1) is 12.1. The van der Waals surface area contributed by atoms with Crippen molar-refractivity contribution in [3.8, 4) is 5.75 Å². The first-order valence-electron chi connectivity index (χ1n) is 7.28. The molecule has 0 heterocycles. The van der Waals surface area contributed by atoms with E-state index in [2.05, 4.69) is 32.9 Å². The number of phenols is 1. The second kappa shape index (κ2) is 4.01. The molecule has 2 bridgehead atoms. The van der Waals surface area contributed by atoms with Crippen LogP contribution in [0.3, 0.4) is 0 Å². The number of hydrogen-bond acceptors (Lipinski definition) is 1. The van der Waals surface area contributed by atoms with Crippen molar-refractivity contribution < 1.29 is 5.11 Å². The van der Waals surface area contributed by atoms with E-state index in [0.29, 0.717) is 11.7 Å². The summed E-state index contributed by atoms with van der Waals surface area (Å²) in [6, 6.07) is 6.24. The van der Waals surface area contributed by atoms with Gasteiger partial charge in [0.05, 0.1) is 0 Å². The highest BCUT2D eigenvalue weighted by atomic mass is 16.3. The smallest absolute Gasteiger partial charge is 0.119 e. The van der Waals surface area contributed by atoms with E-state index < -0.39 is 0 Å². The van der Waals surface area contributed by atoms with Crippen LogP contribution in [0, 0.1) is 11.8 Å². The molecule has 3 atom stereocenters. The first-order valence-corrected chi connectivity index (χ1v) is 7.28. The van der Waals surface area contributed by atoms with Crippen molar-refractivity contribution in [2.45, 2.75) is 57.8 Å². The van der Waals surface area contributed by atoms with E-state index >= 15 is 0 Å². The molecule has 1 N–H and O–H groups in total. The van der Waals surface area contributed by atoms with E-state index in [1.165, 1.54) is 36.8 Å². The molecule has 3 rings (SSSR count). The van der Waals surface area contributed by atoms with Crippen molar-refractivity contribution in [2.24, 2.45) is 11.8 Å². The predicted molar refractivity (Wildman–Crippen MR) is 75.0 cm³/mol. The molecular weight excluding hydrogens is 220 g/mol. The van der Waals surface area contributed by atoms with Crippen LogP contribution < -0.4 is 0 Å². The van der Waals surface area contributed by atoms with Crippen molar-refractivity contribution in [3.05, 3.63) is 29.3 Å². The molecule has 0 spiro atoms. The number of benzene rings is 1. The van der Waals surface area contributed by atoms with E-state index in [4.69, 9.17) is 0 Å². The molecular formula is C17H24O. The Morgan fingerprint density at radius 1 is 1.11 bits per heavy atom. The molecule has 3 unspecified atom stereocenters. The lowest BCUT2D eigenvalue weighted by Gasteiger charge is -2.26. The van der Waals surface area contributed by atoms with Crippen LogP contribution in [0.4, 0.5) is 0 Å². The lowest BCUT2D eigenvalue weighted by molar-refractivity contribution is 0.396. The third-order valence-corrected chi connectivity index (χ3v) is 5.03. The highest BCUT2D eigenvalue weighted by molar-refractivity contribution is 5.42. The molecule has 98 valence electrons. The van der Waals surface area contributed by atoms with Crippen LogP contribution >= 0.6 is 0 Å². The molecule has 1 heteroatoms. The summed E-state index contributed by atoms with van der Waals surface area (Å²) in [5.74, 6) is 2.89. The third-order valence-electron chi connectivity index (χ3n) is 5.03. The highest BCUT2D eigenvalue weighted by Crippen LogP contribution is 2.54. The Bertz CT molecular complexity index is 455. The molecule has 2 fully saturated rings. The lowest BCUT2D eigenvalue weighted by atomic mass is 9.79. The van der Waals surface area contributed by atoms with Gasteiger partial charge in [-0.25, -0.2) is 0 Å². The lowest BCUT2D eigenvalue weighted by Crippen LogP contribution is -2.14. The summed E-state index contributed by atoms with van der Waals surface area (Å²) >= 11 is 0. The quantitative estimate of drug-likeness (QED) is 0.766. The van der Waals surface area contributed by atoms with E-state index in [1.807, 2.05) is 6.07 Å². The van der Waals surface area contributed by atoms with Crippen LogP contribution in [0.2, 0.25) is 0 Å². The number of hydrogen-bond donors (Lipinski definition) is 1. The fraction of sp³-hybridized carbons (Fsp3) is 0.647. The Morgan fingerprint density at radius 2 is 1.89 bits per heavy atom. The van der Waals surface area contributed by atoms with Crippen LogP contribution in [0.5, 0.6) is 5.75 Å². The topological polar surface area (TPSA) is 20.2 Å². The number of aromatic hydroxyl groups is 1. The van der Waals surface area contributed by atoms with Gasteiger partial charge in [-0.15, -0.1) is 0 Å². The summed E-state index contributed by atoms with van der Waals surface area (Å²) < 4.78 is 0. The number of fused-ring (bicyclic) bond motifs is 2. The van der Waals surface area contributed by atoms with Gasteiger partial charge in [0, 0.05) is 0 Å². The van der Waals surface area contributed by atoms with Crippen LogP contribution in [-0.2, 0) is 5.41 Å². The summed E-state index contributed by atoms with van der Waals surface area (Å²) in [6.45, 7) is 6.72. The Kier molecular flexibility index (Phi) is 2.69. The predicted octanol–water partition coefficient (Wildman–Crippen LogP) is 4.59. The van der Waals surface area contributed by atoms with Crippen LogP contribution in [0.1, 0.15) is 63.5 Å². The van der Waals surface area contributed by atoms with Gasteiger partial charge in [-0.05, 0) is 59.6 Å². The number of rotatable bonds is 1. The van der Waals surface area contributed by atoms with Gasteiger partial charge in [0.1, 0.15) is 5.75 Å². The van der Waals surface area contributed by atoms with Crippen molar-refractivity contribution in [1.82, 2.24) is 0 Å². The molecule has 1 aromatic rings. The molecule has 0 aromatic heterocycles. The van der Waals surface area contributed by atoms with E-state index in [1.54, 1.807) is 0 Å². The van der Waals surface area contributed by atoms with Crippen LogP contribution in [0.25, 0.3) is 0 Å². The monoisotopic (exact) mass is 244 g/mol. The zero-order chi connectivity index (χ0) is 12.9. The van der Waals surface area contributed by atoms with Gasteiger partial charge in [-0.2, -0.15) is 0 Å². The first-order chi connectivity index (χ1) is 8.45. The highest BCUT2D eigenvalue weighted by Gasteiger charge is 2.41. The zero-order valence-corrected chi connectivity index (χ0v) is 11.7. The molecule has 18 heavy (non-hydrogen) atoms. The van der Waals surface area contributed by atoms with E-state index in [-0.39, 0.29) is 5.41 Å². The Labute approximate surface area is 110 Å². The molecule has 1 nitrogen and oxygen atoms in total. The second-order valence-electron chi connectivity index (χ2n) is 7.30.